The van der Waals surface area contributed by atoms with Gasteiger partial charge in [-0.3, -0.25) is 0 Å². The largest absolute Gasteiger partial charge is 0.378 e. The maximum absolute atomic E-state index is 13.3. The average molecular weight is 279 g/mol. The van der Waals surface area contributed by atoms with E-state index in [-0.39, 0.29) is 17.3 Å². The second kappa shape index (κ2) is 6.23. The van der Waals surface area contributed by atoms with E-state index in [0.29, 0.717) is 12.1 Å². The van der Waals surface area contributed by atoms with Crippen molar-refractivity contribution in [2.45, 2.75) is 58.7 Å². The predicted molar refractivity (Wildman–Crippen MR) is 80.2 cm³/mol. The van der Waals surface area contributed by atoms with E-state index in [9.17, 15) is 4.39 Å². The zero-order valence-electron chi connectivity index (χ0n) is 12.9. The minimum absolute atomic E-state index is 0.157. The normalized spacial score (nSPS) is 30.9. The van der Waals surface area contributed by atoms with Crippen LogP contribution in [0.25, 0.3) is 0 Å². The summed E-state index contributed by atoms with van der Waals surface area (Å²) >= 11 is 0. The highest BCUT2D eigenvalue weighted by atomic mass is 19.1. The van der Waals surface area contributed by atoms with Crippen LogP contribution in [-0.4, -0.2) is 18.8 Å². The van der Waals surface area contributed by atoms with E-state index in [0.717, 1.165) is 25.0 Å². The van der Waals surface area contributed by atoms with Crippen molar-refractivity contribution in [3.05, 3.63) is 35.6 Å². The molecule has 1 aliphatic carbocycles. The highest BCUT2D eigenvalue weighted by molar-refractivity contribution is 5.20. The zero-order chi connectivity index (χ0) is 14.8. The Balaban J connectivity index is 2.00. The van der Waals surface area contributed by atoms with E-state index in [1.165, 1.54) is 6.07 Å². The van der Waals surface area contributed by atoms with Crippen molar-refractivity contribution < 1.29 is 9.13 Å². The number of benzene rings is 1. The van der Waals surface area contributed by atoms with Gasteiger partial charge in [-0.05, 0) is 44.4 Å². The first-order valence-corrected chi connectivity index (χ1v) is 7.64. The SMILES string of the molecule is CCOC1CC(N[C@H](C)c2cccc(F)c2)C1(C)CC. The molecule has 0 heterocycles. The van der Waals surface area contributed by atoms with Gasteiger partial charge in [0.1, 0.15) is 5.82 Å². The fourth-order valence-corrected chi connectivity index (χ4v) is 3.18. The standard InChI is InChI=1S/C17H26FNO/c1-5-17(4)15(11-16(17)20-6-2)19-12(3)13-8-7-9-14(18)10-13/h7-10,12,15-16,19H,5-6,11H2,1-4H3/t12-,15?,16?,17?/m1/s1. The lowest BCUT2D eigenvalue weighted by Crippen LogP contribution is -2.62. The molecular formula is C17H26FNO. The lowest BCUT2D eigenvalue weighted by atomic mass is 9.61. The van der Waals surface area contributed by atoms with Gasteiger partial charge in [0.25, 0.3) is 0 Å². The van der Waals surface area contributed by atoms with Crippen LogP contribution in [0.4, 0.5) is 4.39 Å². The van der Waals surface area contributed by atoms with Crippen molar-refractivity contribution >= 4 is 0 Å². The molecule has 2 rings (SSSR count). The second-order valence-electron chi connectivity index (χ2n) is 6.04. The summed E-state index contributed by atoms with van der Waals surface area (Å²) in [4.78, 5) is 0. The summed E-state index contributed by atoms with van der Waals surface area (Å²) in [5.41, 5.74) is 1.18. The summed E-state index contributed by atoms with van der Waals surface area (Å²) in [7, 11) is 0. The molecule has 2 nitrogen and oxygen atoms in total. The summed E-state index contributed by atoms with van der Waals surface area (Å²) in [6.07, 6.45) is 2.47. The van der Waals surface area contributed by atoms with E-state index in [4.69, 9.17) is 4.74 Å². The number of rotatable bonds is 6. The van der Waals surface area contributed by atoms with Crippen molar-refractivity contribution in [3.63, 3.8) is 0 Å². The molecule has 0 amide bonds. The van der Waals surface area contributed by atoms with Crippen LogP contribution in [0.1, 0.15) is 52.1 Å². The lowest BCUT2D eigenvalue weighted by molar-refractivity contribution is -0.127. The Morgan fingerprint density at radius 3 is 2.80 bits per heavy atom. The van der Waals surface area contributed by atoms with E-state index in [1.807, 2.05) is 13.0 Å². The Kier molecular flexibility index (Phi) is 4.82. The van der Waals surface area contributed by atoms with Crippen LogP contribution in [0.2, 0.25) is 0 Å². The molecule has 0 radical (unpaired) electrons. The Bertz CT molecular complexity index is 450. The Morgan fingerprint density at radius 2 is 2.20 bits per heavy atom. The molecule has 0 aromatic heterocycles. The first kappa shape index (κ1) is 15.5. The van der Waals surface area contributed by atoms with Gasteiger partial charge < -0.3 is 10.1 Å². The van der Waals surface area contributed by atoms with Gasteiger partial charge in [-0.25, -0.2) is 4.39 Å². The monoisotopic (exact) mass is 279 g/mol. The minimum atomic E-state index is -0.171. The molecule has 1 fully saturated rings. The molecule has 112 valence electrons. The molecule has 0 saturated heterocycles. The van der Waals surface area contributed by atoms with Crippen molar-refractivity contribution in [1.29, 1.82) is 0 Å². The number of nitrogens with one attached hydrogen (secondary N) is 1. The van der Waals surface area contributed by atoms with Gasteiger partial charge in [0, 0.05) is 24.1 Å². The quantitative estimate of drug-likeness (QED) is 0.847. The van der Waals surface area contributed by atoms with Crippen molar-refractivity contribution in [2.24, 2.45) is 5.41 Å². The van der Waals surface area contributed by atoms with Crippen molar-refractivity contribution in [1.82, 2.24) is 5.32 Å². The van der Waals surface area contributed by atoms with Crippen LogP contribution in [0.5, 0.6) is 0 Å². The van der Waals surface area contributed by atoms with Crippen molar-refractivity contribution in [2.75, 3.05) is 6.61 Å². The van der Waals surface area contributed by atoms with Gasteiger partial charge in [-0.15, -0.1) is 0 Å². The molecule has 0 spiro atoms. The first-order valence-electron chi connectivity index (χ1n) is 7.64. The van der Waals surface area contributed by atoms with Gasteiger partial charge in [-0.1, -0.05) is 26.0 Å². The fraction of sp³-hybridized carbons (Fsp3) is 0.647. The molecule has 1 aromatic rings. The third-order valence-electron chi connectivity index (χ3n) is 4.91. The average Bonchev–Trinajstić information content (AvgIpc) is 2.45. The topological polar surface area (TPSA) is 21.3 Å². The summed E-state index contributed by atoms with van der Waals surface area (Å²) in [5, 5.41) is 3.64. The maximum Gasteiger partial charge on any atom is 0.123 e. The molecule has 1 aliphatic rings. The molecule has 1 aromatic carbocycles. The van der Waals surface area contributed by atoms with Gasteiger partial charge in [0.2, 0.25) is 0 Å². The van der Waals surface area contributed by atoms with E-state index in [2.05, 4.69) is 26.1 Å². The maximum atomic E-state index is 13.3. The Hall–Kier alpha value is -0.930. The molecule has 1 N–H and O–H groups in total. The summed E-state index contributed by atoms with van der Waals surface area (Å²) < 4.78 is 19.1. The first-order chi connectivity index (χ1) is 9.51. The zero-order valence-corrected chi connectivity index (χ0v) is 12.9. The van der Waals surface area contributed by atoms with Gasteiger partial charge >= 0.3 is 0 Å². The van der Waals surface area contributed by atoms with Gasteiger partial charge in [-0.2, -0.15) is 0 Å². The lowest BCUT2D eigenvalue weighted by Gasteiger charge is -2.54. The molecule has 3 heteroatoms. The van der Waals surface area contributed by atoms with Crippen LogP contribution >= 0.6 is 0 Å². The highest BCUT2D eigenvalue weighted by Gasteiger charge is 2.51. The van der Waals surface area contributed by atoms with E-state index >= 15 is 0 Å². The third kappa shape index (κ3) is 2.89. The fourth-order valence-electron chi connectivity index (χ4n) is 3.18. The molecule has 0 aliphatic heterocycles. The van der Waals surface area contributed by atoms with Gasteiger partial charge in [0.15, 0.2) is 0 Å². The van der Waals surface area contributed by atoms with E-state index < -0.39 is 0 Å². The van der Waals surface area contributed by atoms with Crippen LogP contribution in [-0.2, 0) is 4.74 Å². The van der Waals surface area contributed by atoms with Gasteiger partial charge in [0.05, 0.1) is 6.10 Å². The summed E-state index contributed by atoms with van der Waals surface area (Å²) in [6, 6.07) is 7.43. The van der Waals surface area contributed by atoms with E-state index in [1.54, 1.807) is 12.1 Å². The van der Waals surface area contributed by atoms with Crippen LogP contribution in [0, 0.1) is 11.2 Å². The predicted octanol–water partition coefficient (Wildman–Crippen LogP) is 4.07. The van der Waals surface area contributed by atoms with Crippen molar-refractivity contribution in [3.8, 4) is 0 Å². The molecule has 0 bridgehead atoms. The Labute approximate surface area is 121 Å². The molecular weight excluding hydrogens is 253 g/mol. The molecule has 20 heavy (non-hydrogen) atoms. The number of hydrogen-bond acceptors (Lipinski definition) is 2. The number of ether oxygens (including phenoxy) is 1. The van der Waals surface area contributed by atoms with Crippen LogP contribution < -0.4 is 5.32 Å². The van der Waals surface area contributed by atoms with Crippen LogP contribution in [0.15, 0.2) is 24.3 Å². The van der Waals surface area contributed by atoms with Crippen LogP contribution in [0.3, 0.4) is 0 Å². The third-order valence-corrected chi connectivity index (χ3v) is 4.91. The summed E-state index contributed by atoms with van der Waals surface area (Å²) in [5.74, 6) is -0.171. The molecule has 4 atom stereocenters. The molecule has 1 saturated carbocycles. The number of hydrogen-bond donors (Lipinski definition) is 1. The smallest absolute Gasteiger partial charge is 0.123 e. The minimum Gasteiger partial charge on any atom is -0.378 e. The second-order valence-corrected chi connectivity index (χ2v) is 6.04. The molecule has 3 unspecified atom stereocenters. The highest BCUT2D eigenvalue weighted by Crippen LogP contribution is 2.46. The Morgan fingerprint density at radius 1 is 1.45 bits per heavy atom. The number of halogens is 1. The summed E-state index contributed by atoms with van der Waals surface area (Å²) in [6.45, 7) is 9.41.